The average Bonchev–Trinajstić information content (AvgIpc) is 3.88. The van der Waals surface area contributed by atoms with Crippen LogP contribution in [0.5, 0.6) is 0 Å². The molecule has 0 saturated carbocycles. The molecule has 0 bridgehead atoms. The number of rotatable bonds is 5. The molecule has 0 atom stereocenters. The van der Waals surface area contributed by atoms with Crippen LogP contribution in [0.3, 0.4) is 0 Å². The first-order valence-electron chi connectivity index (χ1n) is 23.4. The largest absolute Gasteiger partial charge is 0.309 e. The van der Waals surface area contributed by atoms with Crippen molar-refractivity contribution in [3.8, 4) is 51.0 Å². The van der Waals surface area contributed by atoms with Gasteiger partial charge < -0.3 is 4.57 Å². The van der Waals surface area contributed by atoms with Gasteiger partial charge in [0.2, 0.25) is 0 Å². The predicted molar refractivity (Wildman–Crippen MR) is 209 cm³/mol. The first-order chi connectivity index (χ1) is 31.5. The van der Waals surface area contributed by atoms with Crippen molar-refractivity contribution in [1.82, 2.24) is 19.5 Å². The third-order valence-corrected chi connectivity index (χ3v) is 9.55. The molecule has 0 saturated heterocycles. The standard InChI is InChI=1S/C45H28N4S/c1-2-15-29(16-3-1)30-17-4-5-21-35(30)43-46-44(48-45(47-43)37-24-14-23-34-33-20-9-13-28-41(33)50-42(34)37)36-22-8-12-27-40(36)49-38-25-10-6-18-31(38)32-19-7-11-26-39(32)49/h1-28H/i1D,2D,3D,4D,5D,9D,13D,14D,15D,16D,17D,20D,21D,23D,24D,28D. The number of nitrogens with zero attached hydrogens (tertiary/aromatic N) is 4. The van der Waals surface area contributed by atoms with Gasteiger partial charge in [-0.15, -0.1) is 11.3 Å². The maximum Gasteiger partial charge on any atom is 0.166 e. The van der Waals surface area contributed by atoms with Crippen LogP contribution in [-0.4, -0.2) is 19.5 Å². The van der Waals surface area contributed by atoms with Crippen molar-refractivity contribution in [2.75, 3.05) is 0 Å². The minimum atomic E-state index is -0.776. The summed E-state index contributed by atoms with van der Waals surface area (Å²) in [7, 11) is 0. The van der Waals surface area contributed by atoms with Crippen LogP contribution in [0.1, 0.15) is 21.9 Å². The van der Waals surface area contributed by atoms with E-state index < -0.39 is 119 Å². The molecule has 50 heavy (non-hydrogen) atoms. The number of aromatic nitrogens is 4. The summed E-state index contributed by atoms with van der Waals surface area (Å²) in [6, 6.07) is 12.1. The Morgan fingerprint density at radius 1 is 0.440 bits per heavy atom. The summed E-state index contributed by atoms with van der Waals surface area (Å²) in [6.45, 7) is 0. The lowest BCUT2D eigenvalue weighted by Crippen LogP contribution is -2.04. The third-order valence-electron chi connectivity index (χ3n) is 8.42. The average molecular weight is 673 g/mol. The molecule has 0 spiro atoms. The molecule has 3 aromatic heterocycles. The van der Waals surface area contributed by atoms with Gasteiger partial charge in [0.1, 0.15) is 0 Å². The maximum absolute atomic E-state index is 9.34. The van der Waals surface area contributed by atoms with Crippen LogP contribution in [0, 0.1) is 0 Å². The van der Waals surface area contributed by atoms with E-state index in [0.29, 0.717) is 11.3 Å². The van der Waals surface area contributed by atoms with E-state index in [1.54, 1.807) is 18.2 Å². The van der Waals surface area contributed by atoms with Gasteiger partial charge in [0.25, 0.3) is 0 Å². The first-order valence-corrected chi connectivity index (χ1v) is 16.2. The Bertz CT molecular complexity index is 3730. The Labute approximate surface area is 315 Å². The summed E-state index contributed by atoms with van der Waals surface area (Å²) >= 11 is 0.840. The van der Waals surface area contributed by atoms with Crippen molar-refractivity contribution in [1.29, 1.82) is 0 Å². The Kier molecular flexibility index (Phi) is 3.90. The van der Waals surface area contributed by atoms with Crippen molar-refractivity contribution in [3.63, 3.8) is 0 Å². The predicted octanol–water partition coefficient (Wildman–Crippen LogP) is 12.0. The molecule has 7 aromatic carbocycles. The van der Waals surface area contributed by atoms with Crippen molar-refractivity contribution >= 4 is 53.3 Å². The fourth-order valence-electron chi connectivity index (χ4n) is 6.29. The van der Waals surface area contributed by atoms with Crippen molar-refractivity contribution in [3.05, 3.63) is 169 Å². The zero-order valence-corrected chi connectivity index (χ0v) is 26.4. The lowest BCUT2D eigenvalue weighted by molar-refractivity contribution is 1.07. The molecule has 0 amide bonds. The van der Waals surface area contributed by atoms with Crippen LogP contribution in [0.25, 0.3) is 93.0 Å². The minimum absolute atomic E-state index is 0.0441. The minimum Gasteiger partial charge on any atom is -0.309 e. The summed E-state index contributed by atoms with van der Waals surface area (Å²) < 4.78 is 143. The maximum atomic E-state index is 9.34. The van der Waals surface area contributed by atoms with Gasteiger partial charge in [-0.3, -0.25) is 0 Å². The van der Waals surface area contributed by atoms with Crippen molar-refractivity contribution in [2.45, 2.75) is 0 Å². The molecular weight excluding hydrogens is 629 g/mol. The normalized spacial score (nSPS) is 16.1. The molecule has 234 valence electrons. The van der Waals surface area contributed by atoms with Gasteiger partial charge in [0, 0.05) is 47.6 Å². The van der Waals surface area contributed by atoms with Crippen LogP contribution in [0.2, 0.25) is 0 Å². The third kappa shape index (κ3) is 4.55. The van der Waals surface area contributed by atoms with Gasteiger partial charge in [0.15, 0.2) is 17.5 Å². The summed E-state index contributed by atoms with van der Waals surface area (Å²) in [5.41, 5.74) is 0.790. The smallest absolute Gasteiger partial charge is 0.166 e. The highest BCUT2D eigenvalue weighted by Gasteiger charge is 2.21. The fourth-order valence-corrected chi connectivity index (χ4v) is 7.35. The van der Waals surface area contributed by atoms with E-state index in [1.165, 1.54) is 0 Å². The molecule has 10 aromatic rings. The molecule has 5 heteroatoms. The molecule has 0 fully saturated rings. The van der Waals surface area contributed by atoms with Crippen molar-refractivity contribution in [2.24, 2.45) is 0 Å². The van der Waals surface area contributed by atoms with Crippen LogP contribution in [0.4, 0.5) is 0 Å². The lowest BCUT2D eigenvalue weighted by Gasteiger charge is -2.15. The van der Waals surface area contributed by atoms with Crippen LogP contribution in [-0.2, 0) is 0 Å². The highest BCUT2D eigenvalue weighted by Crippen LogP contribution is 2.41. The van der Waals surface area contributed by atoms with Crippen LogP contribution >= 0.6 is 11.3 Å². The highest BCUT2D eigenvalue weighted by atomic mass is 32.1. The van der Waals surface area contributed by atoms with Crippen molar-refractivity contribution < 1.29 is 21.9 Å². The Balaban J connectivity index is 1.39. The molecule has 4 nitrogen and oxygen atoms in total. The first kappa shape index (κ1) is 16.8. The van der Waals surface area contributed by atoms with E-state index in [9.17, 15) is 2.74 Å². The van der Waals surface area contributed by atoms with Gasteiger partial charge in [-0.05, 0) is 47.5 Å². The summed E-state index contributed by atoms with van der Waals surface area (Å²) in [5.74, 6) is -0.941. The number of hydrogen-bond acceptors (Lipinski definition) is 4. The molecule has 0 unspecified atom stereocenters. The van der Waals surface area contributed by atoms with Gasteiger partial charge in [-0.1, -0.05) is 133 Å². The van der Waals surface area contributed by atoms with Gasteiger partial charge in [-0.25, -0.2) is 15.0 Å². The number of para-hydroxylation sites is 3. The van der Waals surface area contributed by atoms with Crippen LogP contribution in [0.15, 0.2) is 169 Å². The number of hydrogen-bond donors (Lipinski definition) is 0. The topological polar surface area (TPSA) is 43.6 Å². The molecule has 0 aliphatic heterocycles. The SMILES string of the molecule is [2H]c1c([2H])c([2H])c(-c2c([2H])c([2H])c([2H])c([2H])c2-c2nc(-c3ccccc3-n3c4ccccc4c4ccccc43)nc(-c3c([2H])c([2H])c([2H])c4c3sc3c([2H])c([2H])c([2H])c([2H])c34)n2)c([2H])c1[2H]. The molecular formula is C45H28N4S. The van der Waals surface area contributed by atoms with Gasteiger partial charge in [0.05, 0.1) is 38.7 Å². The summed E-state index contributed by atoms with van der Waals surface area (Å²) in [5, 5.41) is 1.76. The molecule has 3 heterocycles. The number of fused-ring (bicyclic) bond motifs is 6. The second kappa shape index (κ2) is 11.6. The second-order valence-electron chi connectivity index (χ2n) is 11.2. The molecule has 0 aliphatic rings. The summed E-state index contributed by atoms with van der Waals surface area (Å²) in [4.78, 5) is 14.5. The monoisotopic (exact) mass is 672 g/mol. The highest BCUT2D eigenvalue weighted by molar-refractivity contribution is 7.26. The van der Waals surface area contributed by atoms with E-state index in [0.717, 1.165) is 33.1 Å². The second-order valence-corrected chi connectivity index (χ2v) is 12.2. The zero-order valence-electron chi connectivity index (χ0n) is 41.6. The molecule has 10 rings (SSSR count). The van der Waals surface area contributed by atoms with E-state index in [1.807, 2.05) is 59.2 Å². The molecule has 0 radical (unpaired) electrons. The quantitative estimate of drug-likeness (QED) is 0.183. The van der Waals surface area contributed by atoms with Crippen LogP contribution < -0.4 is 0 Å². The Morgan fingerprint density at radius 3 is 1.78 bits per heavy atom. The summed E-state index contributed by atoms with van der Waals surface area (Å²) in [6.07, 6.45) is 0. The van der Waals surface area contributed by atoms with E-state index in [4.69, 9.17) is 34.1 Å². The number of benzene rings is 7. The van der Waals surface area contributed by atoms with E-state index >= 15 is 0 Å². The lowest BCUT2D eigenvalue weighted by atomic mass is 9.99. The van der Waals surface area contributed by atoms with E-state index in [-0.39, 0.29) is 37.4 Å². The molecule has 0 N–H and O–H groups in total. The Hall–Kier alpha value is -6.43. The zero-order chi connectivity index (χ0) is 46.9. The van der Waals surface area contributed by atoms with E-state index in [2.05, 4.69) is 0 Å². The Morgan fingerprint density at radius 2 is 1.00 bits per heavy atom. The fraction of sp³-hybridized carbons (Fsp3) is 0. The van der Waals surface area contributed by atoms with Gasteiger partial charge in [-0.2, -0.15) is 0 Å². The number of thiophene rings is 1. The molecule has 0 aliphatic carbocycles. The van der Waals surface area contributed by atoms with Gasteiger partial charge >= 0.3 is 0 Å².